The Morgan fingerprint density at radius 1 is 1.07 bits per heavy atom. The highest BCUT2D eigenvalue weighted by molar-refractivity contribution is 9.10. The molecule has 3 N–H and O–H groups in total. The lowest BCUT2D eigenvalue weighted by atomic mass is 10.2. The zero-order valence-electron chi connectivity index (χ0n) is 16.7. The number of rotatable bonds is 7. The van der Waals surface area contributed by atoms with Gasteiger partial charge in [0.1, 0.15) is 5.75 Å². The first-order chi connectivity index (χ1) is 14.3. The van der Waals surface area contributed by atoms with Crippen LogP contribution in [0.1, 0.15) is 24.2 Å². The fraction of sp³-hybridized carbons (Fsp3) is 0.250. The number of hydrazine groups is 1. The molecule has 0 saturated heterocycles. The molecule has 0 fully saturated rings. The molecule has 0 aromatic heterocycles. The van der Waals surface area contributed by atoms with E-state index in [-0.39, 0.29) is 17.8 Å². The number of hydrogen-bond donors (Lipinski definition) is 3. The molecule has 0 spiro atoms. The second-order valence-corrected chi connectivity index (χ2v) is 7.53. The van der Waals surface area contributed by atoms with Crippen molar-refractivity contribution in [3.05, 3.63) is 52.5 Å². The highest BCUT2D eigenvalue weighted by Gasteiger charge is 2.16. The maximum atomic E-state index is 12.5. The Morgan fingerprint density at radius 3 is 2.43 bits per heavy atom. The molecule has 8 nitrogen and oxygen atoms in total. The van der Waals surface area contributed by atoms with Gasteiger partial charge in [0.25, 0.3) is 11.8 Å². The van der Waals surface area contributed by atoms with Crippen LogP contribution in [0.4, 0.5) is 0 Å². The average molecular weight is 496 g/mol. The first-order valence-electron chi connectivity index (χ1n) is 8.92. The van der Waals surface area contributed by atoms with Gasteiger partial charge in [0.15, 0.2) is 23.2 Å². The first-order valence-corrected chi connectivity index (χ1v) is 10.1. The van der Waals surface area contributed by atoms with Gasteiger partial charge in [0.2, 0.25) is 0 Å². The highest BCUT2D eigenvalue weighted by Crippen LogP contribution is 2.25. The predicted octanol–water partition coefficient (Wildman–Crippen LogP) is 2.96. The smallest absolute Gasteiger partial charge is 0.276 e. The van der Waals surface area contributed by atoms with Gasteiger partial charge in [-0.15, -0.1) is 0 Å². The molecule has 10 heteroatoms. The molecule has 0 atom stereocenters. The van der Waals surface area contributed by atoms with Gasteiger partial charge in [-0.3, -0.25) is 25.8 Å². The fourth-order valence-corrected chi connectivity index (χ4v) is 2.79. The number of halogens is 1. The molecule has 0 unspecified atom stereocenters. The molecule has 0 saturated carbocycles. The molecular formula is C20H22BrN3O5S. The van der Waals surface area contributed by atoms with E-state index in [1.807, 2.05) is 13.8 Å². The van der Waals surface area contributed by atoms with Crippen molar-refractivity contribution in [1.29, 1.82) is 0 Å². The maximum absolute atomic E-state index is 12.5. The number of thiocarbonyl (C=S) groups is 1. The van der Waals surface area contributed by atoms with Crippen molar-refractivity contribution >= 4 is 45.1 Å². The molecule has 0 radical (unpaired) electrons. The van der Waals surface area contributed by atoms with Gasteiger partial charge in [0.05, 0.1) is 18.8 Å². The van der Waals surface area contributed by atoms with Crippen molar-refractivity contribution in [1.82, 2.24) is 16.2 Å². The van der Waals surface area contributed by atoms with Crippen molar-refractivity contribution in [2.45, 2.75) is 20.0 Å². The minimum Gasteiger partial charge on any atom is -0.493 e. The van der Waals surface area contributed by atoms with Crippen molar-refractivity contribution < 1.29 is 23.8 Å². The Bertz CT molecular complexity index is 923. The standard InChI is InChI=1S/C20H22BrN3O5S/c1-12(2)29-15-9-8-13(21)10-14(15)19(26)22-20(30)24-23-18(25)11-28-17-7-5-4-6-16(17)27-3/h4-10,12H,11H2,1-3H3,(H,23,25)(H2,22,24,26,30). The first kappa shape index (κ1) is 23.4. The van der Waals surface area contributed by atoms with Gasteiger partial charge >= 0.3 is 0 Å². The van der Waals surface area contributed by atoms with E-state index in [0.29, 0.717) is 27.3 Å². The number of nitrogens with one attached hydrogen (secondary N) is 3. The molecule has 30 heavy (non-hydrogen) atoms. The normalized spacial score (nSPS) is 10.2. The van der Waals surface area contributed by atoms with Crippen LogP contribution in [0.15, 0.2) is 46.9 Å². The second-order valence-electron chi connectivity index (χ2n) is 6.20. The van der Waals surface area contributed by atoms with E-state index in [1.54, 1.807) is 42.5 Å². The number of para-hydroxylation sites is 2. The van der Waals surface area contributed by atoms with Crippen LogP contribution in [0.25, 0.3) is 0 Å². The number of amides is 2. The quantitative estimate of drug-likeness (QED) is 0.401. The lowest BCUT2D eigenvalue weighted by Gasteiger charge is -2.15. The minimum absolute atomic E-state index is 0.0823. The Kier molecular flexibility index (Phi) is 8.88. The van der Waals surface area contributed by atoms with E-state index in [9.17, 15) is 9.59 Å². The van der Waals surface area contributed by atoms with Crippen LogP contribution in [0.2, 0.25) is 0 Å². The summed E-state index contributed by atoms with van der Waals surface area (Å²) in [6, 6.07) is 12.0. The third kappa shape index (κ3) is 7.20. The van der Waals surface area contributed by atoms with Crippen LogP contribution in [0.3, 0.4) is 0 Å². The van der Waals surface area contributed by atoms with E-state index < -0.39 is 11.8 Å². The van der Waals surface area contributed by atoms with Crippen LogP contribution in [-0.2, 0) is 4.79 Å². The van der Waals surface area contributed by atoms with Crippen molar-refractivity contribution in [3.63, 3.8) is 0 Å². The Balaban J connectivity index is 1.86. The summed E-state index contributed by atoms with van der Waals surface area (Å²) in [6.45, 7) is 3.44. The second kappa shape index (κ2) is 11.4. The van der Waals surface area contributed by atoms with E-state index in [2.05, 4.69) is 32.1 Å². The third-order valence-electron chi connectivity index (χ3n) is 3.52. The summed E-state index contributed by atoms with van der Waals surface area (Å²) in [6.07, 6.45) is -0.106. The summed E-state index contributed by atoms with van der Waals surface area (Å²) in [4.78, 5) is 24.5. The molecule has 160 valence electrons. The summed E-state index contributed by atoms with van der Waals surface area (Å²) in [5.74, 6) is 0.378. The predicted molar refractivity (Wildman–Crippen MR) is 120 cm³/mol. The molecule has 2 aromatic rings. The van der Waals surface area contributed by atoms with Crippen LogP contribution in [-0.4, -0.2) is 36.7 Å². The SMILES string of the molecule is COc1ccccc1OCC(=O)NNC(=S)NC(=O)c1cc(Br)ccc1OC(C)C. The van der Waals surface area contributed by atoms with Crippen molar-refractivity contribution in [2.24, 2.45) is 0 Å². The molecule has 0 aliphatic heterocycles. The number of carbonyl (C=O) groups excluding carboxylic acids is 2. The third-order valence-corrected chi connectivity index (χ3v) is 4.22. The van der Waals surface area contributed by atoms with E-state index in [1.165, 1.54) is 7.11 Å². The number of methoxy groups -OCH3 is 1. The summed E-state index contributed by atoms with van der Waals surface area (Å²) in [7, 11) is 1.51. The van der Waals surface area contributed by atoms with Gasteiger partial charge in [-0.25, -0.2) is 0 Å². The zero-order valence-corrected chi connectivity index (χ0v) is 19.1. The molecule has 0 aliphatic carbocycles. The Hall–Kier alpha value is -2.85. The minimum atomic E-state index is -0.496. The zero-order chi connectivity index (χ0) is 22.1. The lowest BCUT2D eigenvalue weighted by molar-refractivity contribution is -0.123. The topological polar surface area (TPSA) is 97.9 Å². The van der Waals surface area contributed by atoms with Gasteiger partial charge in [-0.05, 0) is 56.4 Å². The highest BCUT2D eigenvalue weighted by atomic mass is 79.9. The largest absolute Gasteiger partial charge is 0.493 e. The summed E-state index contributed by atoms with van der Waals surface area (Å²) >= 11 is 8.39. The van der Waals surface area contributed by atoms with Crippen LogP contribution < -0.4 is 30.4 Å². The van der Waals surface area contributed by atoms with Crippen LogP contribution in [0.5, 0.6) is 17.2 Å². The monoisotopic (exact) mass is 495 g/mol. The average Bonchev–Trinajstić information content (AvgIpc) is 2.71. The van der Waals surface area contributed by atoms with Crippen molar-refractivity contribution in [3.8, 4) is 17.2 Å². The van der Waals surface area contributed by atoms with Crippen molar-refractivity contribution in [2.75, 3.05) is 13.7 Å². The van der Waals surface area contributed by atoms with E-state index >= 15 is 0 Å². The Labute approximate surface area is 188 Å². The summed E-state index contributed by atoms with van der Waals surface area (Å²) in [5, 5.41) is 2.41. The van der Waals surface area contributed by atoms with E-state index in [0.717, 1.165) is 0 Å². The molecule has 0 aliphatic rings. The maximum Gasteiger partial charge on any atom is 0.276 e. The molecule has 0 heterocycles. The summed E-state index contributed by atoms with van der Waals surface area (Å²) < 4.78 is 16.9. The fourth-order valence-electron chi connectivity index (χ4n) is 2.28. The lowest BCUT2D eigenvalue weighted by Crippen LogP contribution is -2.49. The van der Waals surface area contributed by atoms with Crippen LogP contribution in [0, 0.1) is 0 Å². The van der Waals surface area contributed by atoms with E-state index in [4.69, 9.17) is 26.4 Å². The number of ether oxygens (including phenoxy) is 3. The van der Waals surface area contributed by atoms with Gasteiger partial charge in [-0.2, -0.15) is 0 Å². The molecule has 0 bridgehead atoms. The molecule has 2 aromatic carbocycles. The van der Waals surface area contributed by atoms with Gasteiger partial charge < -0.3 is 14.2 Å². The number of benzene rings is 2. The number of carbonyl (C=O) groups is 2. The molecular weight excluding hydrogens is 474 g/mol. The number of hydrogen-bond acceptors (Lipinski definition) is 6. The Morgan fingerprint density at radius 2 is 1.77 bits per heavy atom. The molecule has 2 amide bonds. The van der Waals surface area contributed by atoms with Gasteiger partial charge in [-0.1, -0.05) is 28.1 Å². The van der Waals surface area contributed by atoms with Crippen LogP contribution >= 0.6 is 28.1 Å². The van der Waals surface area contributed by atoms with Gasteiger partial charge in [0, 0.05) is 4.47 Å². The molecule has 2 rings (SSSR count). The summed E-state index contributed by atoms with van der Waals surface area (Å²) in [5.41, 5.74) is 5.11.